The highest BCUT2D eigenvalue weighted by molar-refractivity contribution is 7.09. The van der Waals surface area contributed by atoms with Crippen LogP contribution in [0.2, 0.25) is 0 Å². The normalized spacial score (nSPS) is 10.4. The van der Waals surface area contributed by atoms with Crippen LogP contribution in [0.1, 0.15) is 23.8 Å². The summed E-state index contributed by atoms with van der Waals surface area (Å²) in [5.74, 6) is 0. The zero-order valence-electron chi connectivity index (χ0n) is 10.3. The first kappa shape index (κ1) is 12.2. The molecule has 0 atom stereocenters. The van der Waals surface area contributed by atoms with Gasteiger partial charge in [-0.2, -0.15) is 0 Å². The summed E-state index contributed by atoms with van der Waals surface area (Å²) < 4.78 is 0. The Balaban J connectivity index is 1.89. The van der Waals surface area contributed by atoms with Gasteiger partial charge in [-0.05, 0) is 35.9 Å². The first-order valence-corrected chi connectivity index (χ1v) is 7.12. The van der Waals surface area contributed by atoms with Gasteiger partial charge in [-0.15, -0.1) is 11.3 Å². The second-order valence-electron chi connectivity index (χ2n) is 4.16. The minimum Gasteiger partial charge on any atom is -0.384 e. The van der Waals surface area contributed by atoms with Gasteiger partial charge in [0.15, 0.2) is 0 Å². The van der Waals surface area contributed by atoms with Crippen molar-refractivity contribution in [1.82, 2.24) is 0 Å². The maximum atomic E-state index is 3.54. The fraction of sp³-hybridized carbons (Fsp3) is 0.333. The largest absolute Gasteiger partial charge is 0.384 e. The van der Waals surface area contributed by atoms with Crippen LogP contribution in [0.4, 0.5) is 5.69 Å². The van der Waals surface area contributed by atoms with Crippen LogP contribution >= 0.6 is 11.3 Å². The van der Waals surface area contributed by atoms with Crippen molar-refractivity contribution in [3.05, 3.63) is 52.2 Å². The van der Waals surface area contributed by atoms with E-state index >= 15 is 0 Å². The van der Waals surface area contributed by atoms with E-state index in [0.717, 1.165) is 19.4 Å². The predicted octanol–water partition coefficient (Wildman–Crippen LogP) is 4.36. The van der Waals surface area contributed by atoms with Crippen molar-refractivity contribution in [2.45, 2.75) is 26.2 Å². The molecule has 90 valence electrons. The predicted molar refractivity (Wildman–Crippen MR) is 76.9 cm³/mol. The summed E-state index contributed by atoms with van der Waals surface area (Å²) in [6.07, 6.45) is 3.46. The van der Waals surface area contributed by atoms with E-state index in [1.165, 1.54) is 22.5 Å². The zero-order valence-corrected chi connectivity index (χ0v) is 11.1. The monoisotopic (exact) mass is 245 g/mol. The Labute approximate surface area is 108 Å². The van der Waals surface area contributed by atoms with Crippen molar-refractivity contribution in [2.75, 3.05) is 11.9 Å². The van der Waals surface area contributed by atoms with Gasteiger partial charge >= 0.3 is 0 Å². The average Bonchev–Trinajstić information content (AvgIpc) is 2.85. The van der Waals surface area contributed by atoms with E-state index in [-0.39, 0.29) is 0 Å². The minimum atomic E-state index is 1.02. The molecule has 17 heavy (non-hydrogen) atoms. The van der Waals surface area contributed by atoms with Crippen LogP contribution in [0.25, 0.3) is 0 Å². The summed E-state index contributed by atoms with van der Waals surface area (Å²) in [7, 11) is 0. The van der Waals surface area contributed by atoms with Crippen LogP contribution in [0.3, 0.4) is 0 Å². The summed E-state index contributed by atoms with van der Waals surface area (Å²) >= 11 is 1.83. The number of benzene rings is 1. The maximum absolute atomic E-state index is 3.54. The Morgan fingerprint density at radius 1 is 1.06 bits per heavy atom. The number of para-hydroxylation sites is 1. The highest BCUT2D eigenvalue weighted by atomic mass is 32.1. The van der Waals surface area contributed by atoms with E-state index in [9.17, 15) is 0 Å². The van der Waals surface area contributed by atoms with E-state index in [1.807, 2.05) is 11.3 Å². The minimum absolute atomic E-state index is 1.02. The van der Waals surface area contributed by atoms with Crippen LogP contribution in [0, 0.1) is 0 Å². The molecule has 0 aliphatic heterocycles. The Bertz CT molecular complexity index is 434. The fourth-order valence-corrected chi connectivity index (χ4v) is 2.66. The number of hydrogen-bond donors (Lipinski definition) is 1. The third kappa shape index (κ3) is 3.60. The number of aryl methyl sites for hydroxylation is 1. The van der Waals surface area contributed by atoms with Crippen molar-refractivity contribution < 1.29 is 0 Å². The van der Waals surface area contributed by atoms with E-state index < -0.39 is 0 Å². The van der Waals surface area contributed by atoms with Gasteiger partial charge in [0, 0.05) is 17.1 Å². The molecule has 0 fully saturated rings. The Kier molecular flexibility index (Phi) is 4.63. The molecule has 0 saturated carbocycles. The second kappa shape index (κ2) is 6.45. The molecule has 0 saturated heterocycles. The summed E-state index contributed by atoms with van der Waals surface area (Å²) in [6.45, 7) is 3.24. The first-order valence-electron chi connectivity index (χ1n) is 6.24. The molecule has 1 N–H and O–H groups in total. The lowest BCUT2D eigenvalue weighted by atomic mass is 10.1. The number of nitrogens with one attached hydrogen (secondary N) is 1. The lowest BCUT2D eigenvalue weighted by Crippen LogP contribution is -2.06. The summed E-state index contributed by atoms with van der Waals surface area (Å²) in [5.41, 5.74) is 2.73. The molecular weight excluding hydrogens is 226 g/mol. The standard InChI is InChI=1S/C15H19NS/c1-2-6-13-7-3-4-9-15(13)16-11-10-14-8-5-12-17-14/h3-5,7-9,12,16H,2,6,10-11H2,1H3. The highest BCUT2D eigenvalue weighted by Gasteiger charge is 2.00. The molecule has 0 radical (unpaired) electrons. The van der Waals surface area contributed by atoms with Crippen molar-refractivity contribution in [3.8, 4) is 0 Å². The van der Waals surface area contributed by atoms with Crippen molar-refractivity contribution in [2.24, 2.45) is 0 Å². The fourth-order valence-electron chi connectivity index (χ4n) is 1.96. The quantitative estimate of drug-likeness (QED) is 0.797. The molecule has 0 aliphatic rings. The number of thiophene rings is 1. The van der Waals surface area contributed by atoms with Crippen LogP contribution < -0.4 is 5.32 Å². The first-order chi connectivity index (χ1) is 8.40. The zero-order chi connectivity index (χ0) is 11.9. The molecule has 1 nitrogen and oxygen atoms in total. The Morgan fingerprint density at radius 2 is 1.94 bits per heavy atom. The Morgan fingerprint density at radius 3 is 2.71 bits per heavy atom. The van der Waals surface area contributed by atoms with E-state index in [2.05, 4.69) is 54.0 Å². The molecule has 0 amide bonds. The molecule has 0 spiro atoms. The third-order valence-electron chi connectivity index (χ3n) is 2.80. The SMILES string of the molecule is CCCc1ccccc1NCCc1cccs1. The molecule has 1 heterocycles. The summed E-state index contributed by atoms with van der Waals surface area (Å²) in [6, 6.07) is 12.9. The maximum Gasteiger partial charge on any atom is 0.0372 e. The van der Waals surface area contributed by atoms with Crippen LogP contribution in [0.15, 0.2) is 41.8 Å². The van der Waals surface area contributed by atoms with Gasteiger partial charge in [0.05, 0.1) is 0 Å². The van der Waals surface area contributed by atoms with Crippen molar-refractivity contribution in [3.63, 3.8) is 0 Å². The van der Waals surface area contributed by atoms with E-state index in [0.29, 0.717) is 0 Å². The Hall–Kier alpha value is -1.28. The van der Waals surface area contributed by atoms with Gasteiger partial charge in [0.2, 0.25) is 0 Å². The van der Waals surface area contributed by atoms with Crippen LogP contribution in [0.5, 0.6) is 0 Å². The van der Waals surface area contributed by atoms with Gasteiger partial charge in [-0.25, -0.2) is 0 Å². The molecule has 0 aliphatic carbocycles. The third-order valence-corrected chi connectivity index (χ3v) is 3.74. The smallest absolute Gasteiger partial charge is 0.0372 e. The van der Waals surface area contributed by atoms with Gasteiger partial charge in [0.25, 0.3) is 0 Å². The van der Waals surface area contributed by atoms with E-state index in [1.54, 1.807) is 0 Å². The highest BCUT2D eigenvalue weighted by Crippen LogP contribution is 2.17. The van der Waals surface area contributed by atoms with Crippen molar-refractivity contribution in [1.29, 1.82) is 0 Å². The van der Waals surface area contributed by atoms with Gasteiger partial charge in [-0.3, -0.25) is 0 Å². The lowest BCUT2D eigenvalue weighted by Gasteiger charge is -2.10. The van der Waals surface area contributed by atoms with Gasteiger partial charge in [-0.1, -0.05) is 37.6 Å². The summed E-state index contributed by atoms with van der Waals surface area (Å²) in [5, 5.41) is 5.68. The van der Waals surface area contributed by atoms with Crippen LogP contribution in [-0.2, 0) is 12.8 Å². The molecule has 0 unspecified atom stereocenters. The van der Waals surface area contributed by atoms with Gasteiger partial charge in [0.1, 0.15) is 0 Å². The number of rotatable bonds is 6. The topological polar surface area (TPSA) is 12.0 Å². The molecule has 0 bridgehead atoms. The van der Waals surface area contributed by atoms with Gasteiger partial charge < -0.3 is 5.32 Å². The molecular formula is C15H19NS. The van der Waals surface area contributed by atoms with E-state index in [4.69, 9.17) is 0 Å². The molecule has 1 aromatic carbocycles. The summed E-state index contributed by atoms with van der Waals surface area (Å²) in [4.78, 5) is 1.45. The van der Waals surface area contributed by atoms with Crippen LogP contribution in [-0.4, -0.2) is 6.54 Å². The second-order valence-corrected chi connectivity index (χ2v) is 5.20. The molecule has 2 rings (SSSR count). The lowest BCUT2D eigenvalue weighted by molar-refractivity contribution is 0.917. The molecule has 2 aromatic rings. The average molecular weight is 245 g/mol. The number of anilines is 1. The molecule has 2 heteroatoms. The molecule has 1 aromatic heterocycles. The van der Waals surface area contributed by atoms with Crippen molar-refractivity contribution >= 4 is 17.0 Å². The number of hydrogen-bond acceptors (Lipinski definition) is 2.